The van der Waals surface area contributed by atoms with Gasteiger partial charge in [-0.2, -0.15) is 0 Å². The Kier molecular flexibility index (Phi) is 6.40. The van der Waals surface area contributed by atoms with E-state index in [0.29, 0.717) is 38.5 Å². The van der Waals surface area contributed by atoms with Gasteiger partial charge < -0.3 is 15.1 Å². The van der Waals surface area contributed by atoms with Gasteiger partial charge in [-0.1, -0.05) is 32.0 Å². The number of fused-ring (bicyclic) bond motifs is 4. The lowest BCUT2D eigenvalue weighted by Gasteiger charge is -2.37. The Morgan fingerprint density at radius 3 is 2.71 bits per heavy atom. The van der Waals surface area contributed by atoms with Crippen molar-refractivity contribution in [3.05, 3.63) is 29.8 Å². The molecular weight excluding hydrogens is 428 g/mol. The third-order valence-electron chi connectivity index (χ3n) is 8.34. The van der Waals surface area contributed by atoms with Crippen LogP contribution in [0.4, 0.5) is 5.69 Å². The maximum absolute atomic E-state index is 14.3. The van der Waals surface area contributed by atoms with E-state index in [4.69, 9.17) is 0 Å². The molecule has 1 aromatic rings. The molecule has 5 rings (SSSR count). The molecular formula is C27H38N4O3. The van der Waals surface area contributed by atoms with E-state index in [2.05, 4.69) is 30.1 Å². The fourth-order valence-electron chi connectivity index (χ4n) is 6.74. The molecule has 0 aromatic heterocycles. The predicted octanol–water partition coefficient (Wildman–Crippen LogP) is 2.89. The average Bonchev–Trinajstić information content (AvgIpc) is 3.47. The number of hydrogen-bond donors (Lipinski definition) is 1. The number of anilines is 1. The van der Waals surface area contributed by atoms with Crippen molar-refractivity contribution in [1.29, 1.82) is 0 Å². The summed E-state index contributed by atoms with van der Waals surface area (Å²) in [7, 11) is 0. The number of nitrogens with one attached hydrogen (secondary N) is 1. The van der Waals surface area contributed by atoms with Crippen LogP contribution < -0.4 is 10.2 Å². The van der Waals surface area contributed by atoms with Gasteiger partial charge >= 0.3 is 0 Å². The topological polar surface area (TPSA) is 73.0 Å². The molecule has 0 aliphatic carbocycles. The molecule has 1 N–H and O–H groups in total. The fourth-order valence-corrected chi connectivity index (χ4v) is 6.74. The van der Waals surface area contributed by atoms with E-state index in [9.17, 15) is 14.4 Å². The van der Waals surface area contributed by atoms with Crippen LogP contribution in [-0.4, -0.2) is 66.3 Å². The minimum atomic E-state index is -0.886. The molecule has 1 aromatic carbocycles. The number of para-hydroxylation sites is 1. The molecule has 7 heteroatoms. The van der Waals surface area contributed by atoms with E-state index in [1.165, 1.54) is 0 Å². The normalized spacial score (nSPS) is 29.7. The zero-order valence-electron chi connectivity index (χ0n) is 20.6. The third kappa shape index (κ3) is 3.72. The molecule has 4 heterocycles. The summed E-state index contributed by atoms with van der Waals surface area (Å²) in [4.78, 5) is 46.9. The predicted molar refractivity (Wildman–Crippen MR) is 131 cm³/mol. The van der Waals surface area contributed by atoms with Crippen molar-refractivity contribution in [3.63, 3.8) is 0 Å². The van der Waals surface area contributed by atoms with Crippen molar-refractivity contribution in [2.24, 2.45) is 11.8 Å². The number of hydrogen-bond acceptors (Lipinski definition) is 4. The van der Waals surface area contributed by atoms with Crippen LogP contribution >= 0.6 is 0 Å². The van der Waals surface area contributed by atoms with Crippen molar-refractivity contribution in [1.82, 2.24) is 15.1 Å². The Labute approximate surface area is 202 Å². The van der Waals surface area contributed by atoms with Crippen molar-refractivity contribution in [2.75, 3.05) is 37.6 Å². The summed E-state index contributed by atoms with van der Waals surface area (Å²) in [6.07, 6.45) is 5.76. The molecule has 4 aliphatic rings. The van der Waals surface area contributed by atoms with Gasteiger partial charge in [0.05, 0.1) is 5.92 Å². The van der Waals surface area contributed by atoms with Crippen LogP contribution in [-0.2, 0) is 19.9 Å². The average molecular weight is 467 g/mol. The second-order valence-corrected chi connectivity index (χ2v) is 10.8. The van der Waals surface area contributed by atoms with E-state index >= 15 is 0 Å². The van der Waals surface area contributed by atoms with Gasteiger partial charge in [0.25, 0.3) is 5.91 Å². The number of amides is 3. The van der Waals surface area contributed by atoms with E-state index in [0.717, 1.165) is 56.3 Å². The maximum atomic E-state index is 14.3. The van der Waals surface area contributed by atoms with Gasteiger partial charge in [-0.3, -0.25) is 19.3 Å². The van der Waals surface area contributed by atoms with Crippen LogP contribution in [0.2, 0.25) is 0 Å². The summed E-state index contributed by atoms with van der Waals surface area (Å²) in [5.74, 6) is 0.326. The quantitative estimate of drug-likeness (QED) is 0.744. The molecule has 3 atom stereocenters. The number of nitrogens with zero attached hydrogens (tertiary/aromatic N) is 3. The number of rotatable bonds is 3. The molecule has 34 heavy (non-hydrogen) atoms. The smallest absolute Gasteiger partial charge is 0.253 e. The highest BCUT2D eigenvalue weighted by Crippen LogP contribution is 2.57. The molecule has 3 saturated heterocycles. The van der Waals surface area contributed by atoms with Gasteiger partial charge in [-0.15, -0.1) is 0 Å². The molecule has 7 nitrogen and oxygen atoms in total. The van der Waals surface area contributed by atoms with Crippen LogP contribution in [0.25, 0.3) is 0 Å². The van der Waals surface area contributed by atoms with Crippen molar-refractivity contribution in [2.45, 2.75) is 70.4 Å². The van der Waals surface area contributed by atoms with Crippen LogP contribution in [0.3, 0.4) is 0 Å². The molecule has 184 valence electrons. The maximum Gasteiger partial charge on any atom is 0.253 e. The molecule has 0 unspecified atom stereocenters. The Morgan fingerprint density at radius 1 is 1.09 bits per heavy atom. The minimum Gasteiger partial charge on any atom is -0.356 e. The van der Waals surface area contributed by atoms with E-state index < -0.39 is 5.54 Å². The lowest BCUT2D eigenvalue weighted by Crippen LogP contribution is -2.56. The lowest BCUT2D eigenvalue weighted by molar-refractivity contribution is -0.138. The summed E-state index contributed by atoms with van der Waals surface area (Å²) in [5, 5.41) is 3.15. The summed E-state index contributed by atoms with van der Waals surface area (Å²) < 4.78 is 0. The van der Waals surface area contributed by atoms with Crippen LogP contribution in [0, 0.1) is 11.8 Å². The van der Waals surface area contributed by atoms with Gasteiger partial charge in [-0.05, 0) is 57.1 Å². The fraction of sp³-hybridized carbons (Fsp3) is 0.667. The van der Waals surface area contributed by atoms with E-state index in [-0.39, 0.29) is 29.7 Å². The molecule has 0 saturated carbocycles. The second kappa shape index (κ2) is 9.33. The van der Waals surface area contributed by atoms with E-state index in [1.54, 1.807) is 0 Å². The first-order chi connectivity index (χ1) is 16.4. The number of carbonyl (C=O) groups excluding carboxylic acids is 3. The first-order valence-electron chi connectivity index (χ1n) is 13.2. The number of benzene rings is 1. The van der Waals surface area contributed by atoms with Crippen LogP contribution in [0.5, 0.6) is 0 Å². The van der Waals surface area contributed by atoms with Gasteiger partial charge in [-0.25, -0.2) is 0 Å². The SMILES string of the molecule is CC(C)CCC(=O)N1CCCNC(=O)[C@@H]2C[C@@H]3CCCN3[C@@]23C(=O)N(CCC1)c1ccccc13. The van der Waals surface area contributed by atoms with Gasteiger partial charge in [0.1, 0.15) is 5.54 Å². The zero-order valence-corrected chi connectivity index (χ0v) is 20.6. The second-order valence-electron chi connectivity index (χ2n) is 10.8. The van der Waals surface area contributed by atoms with Gasteiger partial charge in [0, 0.05) is 49.9 Å². The monoisotopic (exact) mass is 466 g/mol. The van der Waals surface area contributed by atoms with E-state index in [1.807, 2.05) is 28.0 Å². The minimum absolute atomic E-state index is 0.0173. The van der Waals surface area contributed by atoms with Crippen LogP contribution in [0.1, 0.15) is 64.4 Å². The Balaban J connectivity index is 1.47. The van der Waals surface area contributed by atoms with Crippen molar-refractivity contribution in [3.8, 4) is 0 Å². The standard InChI is InChI=1S/C27H38N4O3/c1-19(2)11-12-24(32)29-14-6-13-28-25(33)22-18-20-8-5-17-31(20)27(22)21-9-3-4-10-23(21)30(26(27)34)16-7-15-29/h3-4,9-10,19-20,22H,5-8,11-18H2,1-2H3,(H,28,33)/t20-,22-,27+/m0/s1. The van der Waals surface area contributed by atoms with Gasteiger partial charge in [0.2, 0.25) is 11.8 Å². The molecule has 3 amide bonds. The summed E-state index contributed by atoms with van der Waals surface area (Å²) in [6, 6.07) is 8.34. The highest BCUT2D eigenvalue weighted by Gasteiger charge is 2.66. The highest BCUT2D eigenvalue weighted by molar-refractivity contribution is 6.10. The largest absolute Gasteiger partial charge is 0.356 e. The first kappa shape index (κ1) is 23.3. The number of carbonyl (C=O) groups is 3. The van der Waals surface area contributed by atoms with Crippen molar-refractivity contribution >= 4 is 23.4 Å². The molecule has 0 radical (unpaired) electrons. The molecule has 4 aliphatic heterocycles. The summed E-state index contributed by atoms with van der Waals surface area (Å²) in [5.41, 5.74) is 1.04. The Hall–Kier alpha value is -2.41. The Bertz CT molecular complexity index is 963. The van der Waals surface area contributed by atoms with Gasteiger partial charge in [0.15, 0.2) is 0 Å². The van der Waals surface area contributed by atoms with Crippen molar-refractivity contribution < 1.29 is 14.4 Å². The molecule has 3 fully saturated rings. The summed E-state index contributed by atoms with van der Waals surface area (Å²) >= 11 is 0. The summed E-state index contributed by atoms with van der Waals surface area (Å²) in [6.45, 7) is 7.52. The third-order valence-corrected chi connectivity index (χ3v) is 8.34. The molecule has 2 bridgehead atoms. The lowest BCUT2D eigenvalue weighted by atomic mass is 9.78. The molecule has 1 spiro atoms. The zero-order chi connectivity index (χ0) is 23.9. The first-order valence-corrected chi connectivity index (χ1v) is 13.2. The van der Waals surface area contributed by atoms with Crippen LogP contribution in [0.15, 0.2) is 24.3 Å². The Morgan fingerprint density at radius 2 is 1.88 bits per heavy atom. The highest BCUT2D eigenvalue weighted by atomic mass is 16.2.